The second-order valence-electron chi connectivity index (χ2n) is 14.0. The molecule has 0 spiro atoms. The van der Waals surface area contributed by atoms with Crippen molar-refractivity contribution >= 4 is 88.2 Å². The quantitative estimate of drug-likeness (QED) is 0.111. The summed E-state index contributed by atoms with van der Waals surface area (Å²) < 4.78 is 2.59. The van der Waals surface area contributed by atoms with Crippen molar-refractivity contribution in [2.24, 2.45) is 0 Å². The van der Waals surface area contributed by atoms with Crippen LogP contribution in [0, 0.1) is 0 Å². The van der Waals surface area contributed by atoms with Gasteiger partial charge in [-0.05, 0) is 61.5 Å². The molecule has 0 bridgehead atoms. The van der Waals surface area contributed by atoms with Crippen LogP contribution in [0.5, 0.6) is 0 Å². The maximum atomic E-state index is 2.52. The van der Waals surface area contributed by atoms with Crippen LogP contribution in [0.25, 0.3) is 42.1 Å². The Bertz CT molecular complexity index is 2820. The Morgan fingerprint density at radius 2 is 0.818 bits per heavy atom. The van der Waals surface area contributed by atoms with Gasteiger partial charge in [-0.25, -0.2) is 0 Å². The number of fused-ring (bicyclic) bond motifs is 4. The first kappa shape index (κ1) is 33.1. The summed E-state index contributed by atoms with van der Waals surface area (Å²) in [6, 6.07) is 82.9. The highest BCUT2D eigenvalue weighted by Gasteiger charge is 2.41. The average Bonchev–Trinajstić information content (AvgIpc) is 3.66. The van der Waals surface area contributed by atoms with Gasteiger partial charge in [-0.2, -0.15) is 0 Å². The molecular formula is C52H37NSSi. The lowest BCUT2D eigenvalue weighted by molar-refractivity contribution is 1.32. The zero-order chi connectivity index (χ0) is 36.6. The minimum absolute atomic E-state index is 1.14. The molecule has 0 atom stereocenters. The maximum Gasteiger partial charge on any atom is 0.179 e. The van der Waals surface area contributed by atoms with E-state index in [9.17, 15) is 0 Å². The van der Waals surface area contributed by atoms with Crippen LogP contribution in [-0.4, -0.2) is 8.07 Å². The highest BCUT2D eigenvalue weighted by atomic mass is 32.1. The number of hydrogen-bond acceptors (Lipinski definition) is 2. The van der Waals surface area contributed by atoms with E-state index < -0.39 is 8.07 Å². The Balaban J connectivity index is 1.28. The van der Waals surface area contributed by atoms with Crippen molar-refractivity contribution in [2.75, 3.05) is 4.90 Å². The average molecular weight is 736 g/mol. The fraction of sp³-hybridized carbons (Fsp3) is 0. The lowest BCUT2D eigenvalue weighted by Gasteiger charge is -2.35. The summed E-state index contributed by atoms with van der Waals surface area (Å²) in [6.45, 7) is 0. The highest BCUT2D eigenvalue weighted by Crippen LogP contribution is 2.48. The predicted octanol–water partition coefficient (Wildman–Crippen LogP) is 11.7. The number of benzene rings is 9. The molecule has 0 unspecified atom stereocenters. The molecule has 3 heteroatoms. The van der Waals surface area contributed by atoms with Crippen molar-refractivity contribution in [1.29, 1.82) is 0 Å². The van der Waals surface area contributed by atoms with E-state index in [4.69, 9.17) is 0 Å². The molecule has 0 fully saturated rings. The summed E-state index contributed by atoms with van der Waals surface area (Å²) in [6.07, 6.45) is 0. The monoisotopic (exact) mass is 735 g/mol. The van der Waals surface area contributed by atoms with Gasteiger partial charge in [0.2, 0.25) is 0 Å². The van der Waals surface area contributed by atoms with Crippen LogP contribution in [0.1, 0.15) is 0 Å². The van der Waals surface area contributed by atoms with Crippen molar-refractivity contribution in [3.8, 4) is 11.1 Å². The van der Waals surface area contributed by atoms with Gasteiger partial charge in [0.1, 0.15) is 0 Å². The van der Waals surface area contributed by atoms with Gasteiger partial charge >= 0.3 is 0 Å². The Hall–Kier alpha value is -6.52. The van der Waals surface area contributed by atoms with Crippen LogP contribution in [0.3, 0.4) is 0 Å². The first-order chi connectivity index (χ1) is 27.3. The van der Waals surface area contributed by atoms with E-state index in [-0.39, 0.29) is 0 Å². The fourth-order valence-corrected chi connectivity index (χ4v) is 14.7. The van der Waals surface area contributed by atoms with E-state index in [2.05, 4.69) is 229 Å². The molecule has 10 rings (SSSR count). The van der Waals surface area contributed by atoms with E-state index in [0.29, 0.717) is 0 Å². The summed E-state index contributed by atoms with van der Waals surface area (Å²) in [5, 5.41) is 10.4. The number of nitrogens with zero attached hydrogens (tertiary/aromatic N) is 1. The first-order valence-corrected chi connectivity index (χ1v) is 21.7. The molecule has 0 aliphatic rings. The Morgan fingerprint density at radius 3 is 1.49 bits per heavy atom. The van der Waals surface area contributed by atoms with Crippen LogP contribution < -0.4 is 25.6 Å². The Labute approximate surface area is 327 Å². The summed E-state index contributed by atoms with van der Waals surface area (Å²) in [5.74, 6) is 0. The van der Waals surface area contributed by atoms with Gasteiger partial charge in [-0.15, -0.1) is 11.3 Å². The molecule has 0 aliphatic heterocycles. The van der Waals surface area contributed by atoms with Crippen molar-refractivity contribution in [2.45, 2.75) is 0 Å². The maximum absolute atomic E-state index is 2.78. The lowest BCUT2D eigenvalue weighted by atomic mass is 10.0. The van der Waals surface area contributed by atoms with E-state index in [1.807, 2.05) is 11.3 Å². The van der Waals surface area contributed by atoms with Gasteiger partial charge in [-0.1, -0.05) is 200 Å². The minimum atomic E-state index is -2.78. The number of thiophene rings is 1. The molecule has 9 aromatic carbocycles. The second-order valence-corrected chi connectivity index (χ2v) is 18.9. The number of rotatable bonds is 8. The van der Waals surface area contributed by atoms with Crippen molar-refractivity contribution in [1.82, 2.24) is 0 Å². The molecule has 0 aliphatic carbocycles. The molecule has 10 aromatic rings. The van der Waals surface area contributed by atoms with E-state index in [1.54, 1.807) is 0 Å². The second kappa shape index (κ2) is 14.0. The van der Waals surface area contributed by atoms with Crippen LogP contribution in [0.4, 0.5) is 17.1 Å². The zero-order valence-electron chi connectivity index (χ0n) is 30.2. The molecule has 1 nitrogen and oxygen atoms in total. The molecule has 0 amide bonds. The molecular weight excluding hydrogens is 699 g/mol. The summed E-state index contributed by atoms with van der Waals surface area (Å²) in [5.41, 5.74) is 5.99. The molecule has 1 heterocycles. The summed E-state index contributed by atoms with van der Waals surface area (Å²) >= 11 is 1.90. The third kappa shape index (κ3) is 5.59. The zero-order valence-corrected chi connectivity index (χ0v) is 32.0. The van der Waals surface area contributed by atoms with Crippen LogP contribution in [-0.2, 0) is 0 Å². The summed E-state index contributed by atoms with van der Waals surface area (Å²) in [4.78, 5) is 2.52. The first-order valence-electron chi connectivity index (χ1n) is 18.9. The number of hydrogen-bond donors (Lipinski definition) is 0. The van der Waals surface area contributed by atoms with Crippen LogP contribution in [0.15, 0.2) is 224 Å². The van der Waals surface area contributed by atoms with Gasteiger partial charge in [0.25, 0.3) is 0 Å². The van der Waals surface area contributed by atoms with Crippen molar-refractivity contribution in [3.63, 3.8) is 0 Å². The van der Waals surface area contributed by atoms with Gasteiger partial charge < -0.3 is 4.90 Å². The minimum Gasteiger partial charge on any atom is -0.308 e. The molecule has 0 N–H and O–H groups in total. The van der Waals surface area contributed by atoms with E-state index in [1.165, 1.54) is 68.5 Å². The van der Waals surface area contributed by atoms with Crippen LogP contribution >= 0.6 is 11.3 Å². The van der Waals surface area contributed by atoms with E-state index >= 15 is 0 Å². The lowest BCUT2D eigenvalue weighted by Crippen LogP contribution is -2.74. The van der Waals surface area contributed by atoms with Crippen LogP contribution in [0.2, 0.25) is 0 Å². The molecule has 55 heavy (non-hydrogen) atoms. The topological polar surface area (TPSA) is 3.24 Å². The fourth-order valence-electron chi connectivity index (χ4n) is 8.58. The Kier molecular flexibility index (Phi) is 8.44. The van der Waals surface area contributed by atoms with Gasteiger partial charge in [0, 0.05) is 26.5 Å². The van der Waals surface area contributed by atoms with Gasteiger partial charge in [-0.3, -0.25) is 0 Å². The molecule has 1 aromatic heterocycles. The van der Waals surface area contributed by atoms with Gasteiger partial charge in [0.15, 0.2) is 8.07 Å². The van der Waals surface area contributed by atoms with Crippen molar-refractivity contribution < 1.29 is 0 Å². The van der Waals surface area contributed by atoms with Gasteiger partial charge in [0.05, 0.1) is 16.1 Å². The number of anilines is 3. The molecule has 0 saturated heterocycles. The molecule has 0 saturated carbocycles. The van der Waals surface area contributed by atoms with E-state index in [0.717, 1.165) is 11.4 Å². The third-order valence-electron chi connectivity index (χ3n) is 11.0. The molecule has 260 valence electrons. The summed E-state index contributed by atoms with van der Waals surface area (Å²) in [7, 11) is -2.78. The normalized spacial score (nSPS) is 11.6. The highest BCUT2D eigenvalue weighted by molar-refractivity contribution is 7.27. The SMILES string of the molecule is c1ccc(-c2cccc3c2sc2c(N(c4cccc([Si](c5ccccc5)(c5ccccc5)c5ccccc5)c4)c4cccc5ccccc45)cccc23)cc1. The molecule has 0 radical (unpaired) electrons. The van der Waals surface area contributed by atoms with Crippen molar-refractivity contribution in [3.05, 3.63) is 224 Å². The predicted molar refractivity (Wildman–Crippen MR) is 241 cm³/mol. The largest absolute Gasteiger partial charge is 0.308 e. The smallest absolute Gasteiger partial charge is 0.179 e. The third-order valence-corrected chi connectivity index (χ3v) is 17.0. The standard InChI is InChI=1S/C52H37NSSi/c1-5-19-39(20-6-1)46-32-17-33-47-48-34-18-36-50(52(48)54-51(46)47)53(49-35-15-22-38-21-13-14-31-45(38)49)40-23-16-30-44(37-40)55(41-24-7-2-8-25-41,42-26-9-3-10-27-42)43-28-11-4-12-29-43/h1-37H. The Morgan fingerprint density at radius 1 is 0.345 bits per heavy atom.